The minimum Gasteiger partial charge on any atom is -0.462 e. The maximum absolute atomic E-state index is 11.5. The van der Waals surface area contributed by atoms with E-state index >= 15 is 0 Å². The zero-order valence-electron chi connectivity index (χ0n) is 11.0. The van der Waals surface area contributed by atoms with Crippen molar-refractivity contribution in [3.8, 4) is 0 Å². The van der Waals surface area contributed by atoms with E-state index in [4.69, 9.17) is 9.84 Å². The van der Waals surface area contributed by atoms with Crippen molar-refractivity contribution in [3.05, 3.63) is 35.4 Å². The lowest BCUT2D eigenvalue weighted by molar-refractivity contribution is 0.0526. The molecule has 18 heavy (non-hydrogen) atoms. The summed E-state index contributed by atoms with van der Waals surface area (Å²) in [5, 5.41) is 11.9. The number of ether oxygens (including phenoxy) is 1. The number of carbonyl (C=O) groups excluding carboxylic acids is 1. The van der Waals surface area contributed by atoms with Gasteiger partial charge in [-0.3, -0.25) is 0 Å². The van der Waals surface area contributed by atoms with Crippen molar-refractivity contribution in [2.75, 3.05) is 19.8 Å². The number of hydrogen-bond donors (Lipinski definition) is 2. The molecule has 0 aliphatic rings. The molecule has 0 bridgehead atoms. The van der Waals surface area contributed by atoms with Gasteiger partial charge < -0.3 is 15.2 Å². The van der Waals surface area contributed by atoms with Crippen LogP contribution in [0.25, 0.3) is 0 Å². The lowest BCUT2D eigenvalue weighted by Gasteiger charge is -2.13. The molecule has 0 aliphatic carbocycles. The van der Waals surface area contributed by atoms with Crippen LogP contribution in [-0.2, 0) is 11.2 Å². The van der Waals surface area contributed by atoms with Gasteiger partial charge in [-0.05, 0) is 38.0 Å². The van der Waals surface area contributed by atoms with E-state index in [9.17, 15) is 4.79 Å². The summed E-state index contributed by atoms with van der Waals surface area (Å²) in [6, 6.07) is 7.73. The number of hydrogen-bond acceptors (Lipinski definition) is 4. The average molecular weight is 251 g/mol. The van der Waals surface area contributed by atoms with Crippen LogP contribution in [0.15, 0.2) is 24.3 Å². The number of nitrogens with one attached hydrogen (secondary N) is 1. The highest BCUT2D eigenvalue weighted by atomic mass is 16.5. The van der Waals surface area contributed by atoms with Crippen LogP contribution >= 0.6 is 0 Å². The van der Waals surface area contributed by atoms with Crippen LogP contribution in [-0.4, -0.2) is 36.9 Å². The Balaban J connectivity index is 2.52. The molecule has 0 heterocycles. The molecule has 0 fully saturated rings. The summed E-state index contributed by atoms with van der Waals surface area (Å²) < 4.78 is 4.92. The normalized spacial score (nSPS) is 12.2. The van der Waals surface area contributed by atoms with Gasteiger partial charge in [-0.25, -0.2) is 4.79 Å². The van der Waals surface area contributed by atoms with Gasteiger partial charge in [0.05, 0.1) is 18.8 Å². The van der Waals surface area contributed by atoms with Crippen molar-refractivity contribution in [3.63, 3.8) is 0 Å². The van der Waals surface area contributed by atoms with E-state index in [-0.39, 0.29) is 12.6 Å². The van der Waals surface area contributed by atoms with Crippen molar-refractivity contribution >= 4 is 5.97 Å². The summed E-state index contributed by atoms with van der Waals surface area (Å²) >= 11 is 0. The molecule has 0 saturated carbocycles. The number of benzene rings is 1. The lowest BCUT2D eigenvalue weighted by Crippen LogP contribution is -2.30. The third-order valence-electron chi connectivity index (χ3n) is 2.61. The van der Waals surface area contributed by atoms with Crippen LogP contribution in [0.4, 0.5) is 0 Å². The molecule has 0 saturated heterocycles. The topological polar surface area (TPSA) is 58.6 Å². The monoisotopic (exact) mass is 251 g/mol. The highest BCUT2D eigenvalue weighted by Gasteiger charge is 2.07. The van der Waals surface area contributed by atoms with Gasteiger partial charge in [0.15, 0.2) is 0 Å². The summed E-state index contributed by atoms with van der Waals surface area (Å²) in [5.41, 5.74) is 1.73. The summed E-state index contributed by atoms with van der Waals surface area (Å²) in [6.07, 6.45) is 0.864. The zero-order valence-corrected chi connectivity index (χ0v) is 11.0. The number of aliphatic hydroxyl groups is 1. The quantitative estimate of drug-likeness (QED) is 0.719. The van der Waals surface area contributed by atoms with E-state index in [0.717, 1.165) is 12.0 Å². The van der Waals surface area contributed by atoms with Crippen molar-refractivity contribution in [1.29, 1.82) is 0 Å². The molecule has 0 aromatic heterocycles. The standard InChI is InChI=1S/C14H21NO3/c1-3-18-14(17)13-6-4-12(5-7-13)10-11(2)15-8-9-16/h4-7,11,15-16H,3,8-10H2,1-2H3. The van der Waals surface area contributed by atoms with Crippen molar-refractivity contribution in [2.45, 2.75) is 26.3 Å². The highest BCUT2D eigenvalue weighted by molar-refractivity contribution is 5.89. The number of esters is 1. The third kappa shape index (κ3) is 4.85. The molecule has 4 heteroatoms. The molecule has 0 radical (unpaired) electrons. The Labute approximate surface area is 108 Å². The van der Waals surface area contributed by atoms with E-state index in [1.165, 1.54) is 0 Å². The maximum atomic E-state index is 11.5. The minimum atomic E-state index is -0.282. The maximum Gasteiger partial charge on any atom is 0.338 e. The lowest BCUT2D eigenvalue weighted by atomic mass is 10.1. The van der Waals surface area contributed by atoms with E-state index in [0.29, 0.717) is 24.8 Å². The molecular weight excluding hydrogens is 230 g/mol. The smallest absolute Gasteiger partial charge is 0.338 e. The second-order valence-electron chi connectivity index (χ2n) is 4.20. The molecule has 0 spiro atoms. The average Bonchev–Trinajstić information content (AvgIpc) is 2.37. The van der Waals surface area contributed by atoms with Crippen molar-refractivity contribution in [1.82, 2.24) is 5.32 Å². The number of aliphatic hydroxyl groups excluding tert-OH is 1. The van der Waals surface area contributed by atoms with Gasteiger partial charge in [-0.15, -0.1) is 0 Å². The molecule has 1 rings (SSSR count). The van der Waals surface area contributed by atoms with Crippen LogP contribution in [0.5, 0.6) is 0 Å². The fourth-order valence-electron chi connectivity index (χ4n) is 1.73. The zero-order chi connectivity index (χ0) is 13.4. The van der Waals surface area contributed by atoms with E-state index in [2.05, 4.69) is 12.2 Å². The van der Waals surface area contributed by atoms with Crippen LogP contribution in [0, 0.1) is 0 Å². The van der Waals surface area contributed by atoms with Gasteiger partial charge in [0, 0.05) is 12.6 Å². The van der Waals surface area contributed by atoms with Gasteiger partial charge in [0.1, 0.15) is 0 Å². The van der Waals surface area contributed by atoms with E-state index < -0.39 is 0 Å². The molecule has 0 aliphatic heterocycles. The molecule has 100 valence electrons. The molecular formula is C14H21NO3. The molecule has 0 amide bonds. The largest absolute Gasteiger partial charge is 0.462 e. The van der Waals surface area contributed by atoms with Crippen molar-refractivity contribution in [2.24, 2.45) is 0 Å². The Morgan fingerprint density at radius 3 is 2.61 bits per heavy atom. The third-order valence-corrected chi connectivity index (χ3v) is 2.61. The Kier molecular flexibility index (Phi) is 6.39. The molecule has 2 N–H and O–H groups in total. The molecule has 4 nitrogen and oxygen atoms in total. The minimum absolute atomic E-state index is 0.145. The van der Waals surface area contributed by atoms with Crippen LogP contribution in [0.1, 0.15) is 29.8 Å². The van der Waals surface area contributed by atoms with Crippen LogP contribution in [0.3, 0.4) is 0 Å². The summed E-state index contributed by atoms with van der Waals surface area (Å²) in [4.78, 5) is 11.5. The first kappa shape index (κ1) is 14.7. The summed E-state index contributed by atoms with van der Waals surface area (Å²) in [5.74, 6) is -0.282. The fraction of sp³-hybridized carbons (Fsp3) is 0.500. The van der Waals surface area contributed by atoms with Gasteiger partial charge in [0.25, 0.3) is 0 Å². The molecule has 1 aromatic carbocycles. The first-order valence-electron chi connectivity index (χ1n) is 6.27. The van der Waals surface area contributed by atoms with Crippen molar-refractivity contribution < 1.29 is 14.6 Å². The summed E-state index contributed by atoms with van der Waals surface area (Å²) in [6.45, 7) is 4.99. The van der Waals surface area contributed by atoms with Gasteiger partial charge in [-0.2, -0.15) is 0 Å². The Hall–Kier alpha value is -1.39. The van der Waals surface area contributed by atoms with Gasteiger partial charge >= 0.3 is 5.97 Å². The van der Waals surface area contributed by atoms with Crippen LogP contribution < -0.4 is 5.32 Å². The van der Waals surface area contributed by atoms with E-state index in [1.54, 1.807) is 19.1 Å². The SMILES string of the molecule is CCOC(=O)c1ccc(CC(C)NCCO)cc1. The second-order valence-corrected chi connectivity index (χ2v) is 4.20. The number of carbonyl (C=O) groups is 1. The van der Waals surface area contributed by atoms with Crippen LogP contribution in [0.2, 0.25) is 0 Å². The Morgan fingerprint density at radius 1 is 1.39 bits per heavy atom. The highest BCUT2D eigenvalue weighted by Crippen LogP contribution is 2.08. The van der Waals surface area contributed by atoms with Gasteiger partial charge in [-0.1, -0.05) is 12.1 Å². The molecule has 1 atom stereocenters. The predicted octanol–water partition coefficient (Wildman–Crippen LogP) is 1.38. The first-order valence-corrected chi connectivity index (χ1v) is 6.27. The fourth-order valence-corrected chi connectivity index (χ4v) is 1.73. The van der Waals surface area contributed by atoms with Gasteiger partial charge in [0.2, 0.25) is 0 Å². The van der Waals surface area contributed by atoms with E-state index in [1.807, 2.05) is 12.1 Å². The Bertz CT molecular complexity index is 362. The molecule has 1 aromatic rings. The second kappa shape index (κ2) is 7.84. The Morgan fingerprint density at radius 2 is 2.06 bits per heavy atom. The first-order chi connectivity index (χ1) is 8.67. The number of rotatable bonds is 7. The summed E-state index contributed by atoms with van der Waals surface area (Å²) in [7, 11) is 0. The molecule has 1 unspecified atom stereocenters. The predicted molar refractivity (Wildman–Crippen MR) is 70.7 cm³/mol.